The number of carbonyl (C=O) groups excluding carboxylic acids is 1. The lowest BCUT2D eigenvalue weighted by Gasteiger charge is -2.42. The maximum atomic E-state index is 13.1. The molecular formula is C62H112O14. The van der Waals surface area contributed by atoms with E-state index >= 15 is 0 Å². The van der Waals surface area contributed by atoms with Crippen molar-refractivity contribution in [1.29, 1.82) is 0 Å². The summed E-state index contributed by atoms with van der Waals surface area (Å²) in [5, 5.41) is 72.4. The summed E-state index contributed by atoms with van der Waals surface area (Å²) in [5.74, 6) is -0.379. The van der Waals surface area contributed by atoms with Crippen molar-refractivity contribution in [3.8, 4) is 0 Å². The number of aliphatic hydroxyl groups is 7. The average Bonchev–Trinajstić information content (AvgIpc) is 3.42. The van der Waals surface area contributed by atoms with Gasteiger partial charge < -0.3 is 64.2 Å². The molecule has 2 aliphatic heterocycles. The second-order valence-corrected chi connectivity index (χ2v) is 21.5. The molecule has 14 heteroatoms. The summed E-state index contributed by atoms with van der Waals surface area (Å²) in [7, 11) is 0. The van der Waals surface area contributed by atoms with Gasteiger partial charge in [0.25, 0.3) is 0 Å². The van der Waals surface area contributed by atoms with Crippen molar-refractivity contribution in [2.24, 2.45) is 0 Å². The Hall–Kier alpha value is -2.05. The van der Waals surface area contributed by atoms with Crippen LogP contribution in [0.5, 0.6) is 0 Å². The number of carbonyl (C=O) groups is 1. The van der Waals surface area contributed by atoms with E-state index in [-0.39, 0.29) is 25.6 Å². The molecule has 0 aromatic heterocycles. The van der Waals surface area contributed by atoms with Gasteiger partial charge in [-0.05, 0) is 77.0 Å². The number of hydrogen-bond acceptors (Lipinski definition) is 14. The Morgan fingerprint density at radius 1 is 0.434 bits per heavy atom. The summed E-state index contributed by atoms with van der Waals surface area (Å²) in [4.78, 5) is 13.1. The van der Waals surface area contributed by atoms with Crippen LogP contribution in [0.15, 0.2) is 48.6 Å². The molecule has 2 fully saturated rings. The van der Waals surface area contributed by atoms with Crippen molar-refractivity contribution in [3.05, 3.63) is 48.6 Å². The number of hydrogen-bond donors (Lipinski definition) is 7. The van der Waals surface area contributed by atoms with Gasteiger partial charge in [0.1, 0.15) is 54.9 Å². The van der Waals surface area contributed by atoms with Gasteiger partial charge in [0.2, 0.25) is 0 Å². The fourth-order valence-corrected chi connectivity index (χ4v) is 9.58. The summed E-state index contributed by atoms with van der Waals surface area (Å²) in [6.45, 7) is 3.66. The second kappa shape index (κ2) is 48.8. The van der Waals surface area contributed by atoms with E-state index in [0.29, 0.717) is 13.0 Å². The largest absolute Gasteiger partial charge is 0.457 e. The summed E-state index contributed by atoms with van der Waals surface area (Å²) >= 11 is 0. The molecule has 2 rings (SSSR count). The van der Waals surface area contributed by atoms with Crippen molar-refractivity contribution in [1.82, 2.24) is 0 Å². The maximum absolute atomic E-state index is 13.1. The van der Waals surface area contributed by atoms with Gasteiger partial charge in [0, 0.05) is 13.0 Å². The Bertz CT molecular complexity index is 1440. The number of allylic oxidation sites excluding steroid dienone is 8. The molecule has 0 radical (unpaired) electrons. The van der Waals surface area contributed by atoms with Crippen molar-refractivity contribution < 1.29 is 69.0 Å². The lowest BCUT2D eigenvalue weighted by molar-refractivity contribution is -0.332. The number of esters is 1. The minimum atomic E-state index is -1.71. The monoisotopic (exact) mass is 1080 g/mol. The SMILES string of the molecule is CCCCCC/C=C\C/C=C\CCCCCCCCOCC(COC1OC(COC2OC(CO)C(O)C(O)C2O)C(O)C(O)C1O)OC(=O)CCCCCCCCCCCCCCC/C=C\C/C=C\CCCCCCC. The zero-order valence-electron chi connectivity index (χ0n) is 47.7. The van der Waals surface area contributed by atoms with Gasteiger partial charge in [-0.3, -0.25) is 4.79 Å². The van der Waals surface area contributed by atoms with Crippen LogP contribution in [0.25, 0.3) is 0 Å². The fraction of sp³-hybridized carbons (Fsp3) is 0.855. The molecule has 2 heterocycles. The summed E-state index contributed by atoms with van der Waals surface area (Å²) in [6.07, 6.45) is 43.1. The van der Waals surface area contributed by atoms with E-state index in [1.54, 1.807) is 0 Å². The quantitative estimate of drug-likeness (QED) is 0.0172. The first kappa shape index (κ1) is 70.1. The topological polar surface area (TPSA) is 214 Å². The van der Waals surface area contributed by atoms with Crippen LogP contribution in [0, 0.1) is 0 Å². The molecule has 14 nitrogen and oxygen atoms in total. The highest BCUT2D eigenvalue weighted by Crippen LogP contribution is 2.27. The Labute approximate surface area is 461 Å². The van der Waals surface area contributed by atoms with E-state index in [0.717, 1.165) is 64.2 Å². The summed E-state index contributed by atoms with van der Waals surface area (Å²) < 4.78 is 34.4. The van der Waals surface area contributed by atoms with Crippen molar-refractivity contribution in [2.75, 3.05) is 33.0 Å². The highest BCUT2D eigenvalue weighted by atomic mass is 16.7. The van der Waals surface area contributed by atoms with E-state index in [9.17, 15) is 40.5 Å². The van der Waals surface area contributed by atoms with Gasteiger partial charge in [-0.15, -0.1) is 0 Å². The van der Waals surface area contributed by atoms with Crippen LogP contribution in [0.4, 0.5) is 0 Å². The van der Waals surface area contributed by atoms with Crippen molar-refractivity contribution in [2.45, 2.75) is 306 Å². The third-order valence-corrected chi connectivity index (χ3v) is 14.6. The van der Waals surface area contributed by atoms with Gasteiger partial charge in [-0.1, -0.05) is 204 Å². The van der Waals surface area contributed by atoms with Crippen LogP contribution in [0.3, 0.4) is 0 Å². The Morgan fingerprint density at radius 2 is 0.816 bits per heavy atom. The Morgan fingerprint density at radius 3 is 1.28 bits per heavy atom. The van der Waals surface area contributed by atoms with Gasteiger partial charge >= 0.3 is 5.97 Å². The van der Waals surface area contributed by atoms with Crippen LogP contribution in [-0.2, 0) is 33.2 Å². The van der Waals surface area contributed by atoms with E-state index in [4.69, 9.17) is 28.4 Å². The predicted octanol–water partition coefficient (Wildman–Crippen LogP) is 11.5. The summed E-state index contributed by atoms with van der Waals surface area (Å²) in [5.41, 5.74) is 0. The first-order valence-electron chi connectivity index (χ1n) is 30.7. The normalized spacial score (nSPS) is 24.8. The van der Waals surface area contributed by atoms with Gasteiger partial charge in [-0.25, -0.2) is 0 Å². The number of rotatable bonds is 50. The molecule has 0 aromatic rings. The molecule has 0 bridgehead atoms. The van der Waals surface area contributed by atoms with Crippen LogP contribution in [-0.4, -0.2) is 142 Å². The zero-order valence-corrected chi connectivity index (χ0v) is 47.7. The molecule has 2 saturated heterocycles. The Balaban J connectivity index is 1.68. The highest BCUT2D eigenvalue weighted by molar-refractivity contribution is 5.69. The molecule has 0 aliphatic carbocycles. The van der Waals surface area contributed by atoms with Gasteiger partial charge in [-0.2, -0.15) is 0 Å². The first-order chi connectivity index (χ1) is 37.1. The smallest absolute Gasteiger partial charge is 0.306 e. The molecule has 444 valence electrons. The average molecular weight is 1080 g/mol. The molecule has 0 aromatic carbocycles. The third kappa shape index (κ3) is 34.8. The van der Waals surface area contributed by atoms with E-state index in [1.165, 1.54) is 148 Å². The molecule has 0 saturated carbocycles. The number of ether oxygens (including phenoxy) is 6. The molecule has 7 N–H and O–H groups in total. The lowest BCUT2D eigenvalue weighted by Crippen LogP contribution is -2.61. The summed E-state index contributed by atoms with van der Waals surface area (Å²) in [6, 6.07) is 0. The maximum Gasteiger partial charge on any atom is 0.306 e. The zero-order chi connectivity index (χ0) is 55.1. The predicted molar refractivity (Wildman–Crippen MR) is 303 cm³/mol. The molecule has 11 unspecified atom stereocenters. The van der Waals surface area contributed by atoms with E-state index < -0.39 is 80.7 Å². The molecule has 0 amide bonds. The molecule has 11 atom stereocenters. The van der Waals surface area contributed by atoms with Crippen LogP contribution in [0.1, 0.15) is 239 Å². The third-order valence-electron chi connectivity index (χ3n) is 14.6. The van der Waals surface area contributed by atoms with Crippen LogP contribution >= 0.6 is 0 Å². The van der Waals surface area contributed by atoms with Crippen molar-refractivity contribution >= 4 is 5.97 Å². The van der Waals surface area contributed by atoms with Gasteiger partial charge in [0.15, 0.2) is 12.6 Å². The van der Waals surface area contributed by atoms with Gasteiger partial charge in [0.05, 0.1) is 26.4 Å². The van der Waals surface area contributed by atoms with E-state index in [2.05, 4.69) is 62.5 Å². The highest BCUT2D eigenvalue weighted by Gasteiger charge is 2.47. The number of unbranched alkanes of at least 4 members (excludes halogenated alkanes) is 28. The van der Waals surface area contributed by atoms with Crippen molar-refractivity contribution in [3.63, 3.8) is 0 Å². The second-order valence-electron chi connectivity index (χ2n) is 21.5. The minimum Gasteiger partial charge on any atom is -0.457 e. The first-order valence-corrected chi connectivity index (χ1v) is 30.7. The molecule has 0 spiro atoms. The lowest BCUT2D eigenvalue weighted by atomic mass is 9.98. The molecule has 76 heavy (non-hydrogen) atoms. The van der Waals surface area contributed by atoms with Crippen LogP contribution in [0.2, 0.25) is 0 Å². The molecule has 2 aliphatic rings. The minimum absolute atomic E-state index is 0.0546. The van der Waals surface area contributed by atoms with E-state index in [1.807, 2.05) is 0 Å². The van der Waals surface area contributed by atoms with Crippen LogP contribution < -0.4 is 0 Å². The fourth-order valence-electron chi connectivity index (χ4n) is 9.58. The standard InChI is InChI=1S/C62H112O14/c1-3-5-7-9-11-13-15-17-19-21-22-23-24-25-26-27-28-29-31-33-35-37-39-41-43-45-54(64)74-51(48-71-46-44-42-40-38-36-34-32-30-20-18-16-14-12-10-8-6-4-2)49-72-61-60(70)58(68)56(66)53(76-61)50-73-62-59(69)57(67)55(65)52(47-63)75-62/h14-17,20-22,30,51-53,55-63,65-70H,3-13,18-19,23-29,31-50H2,1-2H3/b16-14-,17-15-,22-21-,30-20-. The Kier molecular flexibility index (Phi) is 45.0. The number of aliphatic hydroxyl groups excluding tert-OH is 7. The molecular weight excluding hydrogens is 969 g/mol.